The minimum absolute atomic E-state index is 0.0549. The smallest absolute Gasteiger partial charge is 0.378 e. The molecule has 0 fully saturated rings. The molecule has 0 aliphatic carbocycles. The number of halogens is 2. The first-order valence-corrected chi connectivity index (χ1v) is 5.27. The van der Waals surface area contributed by atoms with Crippen LogP contribution in [0.15, 0.2) is 12.7 Å². The van der Waals surface area contributed by atoms with Gasteiger partial charge in [0.1, 0.15) is 0 Å². The van der Waals surface area contributed by atoms with Crippen LogP contribution < -0.4 is 5.32 Å². The first kappa shape index (κ1) is 15.0. The van der Waals surface area contributed by atoms with Crippen molar-refractivity contribution in [3.05, 3.63) is 12.7 Å². The number of carbonyl (C=O) groups excluding carboxylic acids is 1. The average molecular weight is 235 g/mol. The van der Waals surface area contributed by atoms with Gasteiger partial charge in [0.25, 0.3) is 0 Å². The van der Waals surface area contributed by atoms with Crippen LogP contribution in [-0.2, 0) is 9.53 Å². The molecule has 94 valence electrons. The van der Waals surface area contributed by atoms with Crippen molar-refractivity contribution in [3.63, 3.8) is 0 Å². The second-order valence-electron chi connectivity index (χ2n) is 3.76. The standard InChI is InChI=1S/C11H19F2NO2/c1-5-7-14-9(8(3)4)11(12,13)10(15)16-6-2/h5,8-9,14H,1,6-7H2,2-4H3. The van der Waals surface area contributed by atoms with Crippen LogP contribution >= 0.6 is 0 Å². The number of rotatable bonds is 7. The molecule has 16 heavy (non-hydrogen) atoms. The van der Waals surface area contributed by atoms with E-state index in [0.717, 1.165) is 0 Å². The van der Waals surface area contributed by atoms with E-state index in [-0.39, 0.29) is 19.1 Å². The molecule has 0 aliphatic heterocycles. The Morgan fingerprint density at radius 1 is 1.56 bits per heavy atom. The number of carbonyl (C=O) groups is 1. The highest BCUT2D eigenvalue weighted by molar-refractivity contribution is 5.78. The van der Waals surface area contributed by atoms with Crippen molar-refractivity contribution in [2.75, 3.05) is 13.2 Å². The van der Waals surface area contributed by atoms with E-state index in [1.807, 2.05) is 0 Å². The lowest BCUT2D eigenvalue weighted by atomic mass is 9.97. The molecular formula is C11H19F2NO2. The maximum absolute atomic E-state index is 13.7. The minimum Gasteiger partial charge on any atom is -0.462 e. The SMILES string of the molecule is C=CCNC(C(C)C)C(F)(F)C(=O)OCC. The lowest BCUT2D eigenvalue weighted by Crippen LogP contribution is -2.53. The number of esters is 1. The van der Waals surface area contributed by atoms with E-state index >= 15 is 0 Å². The Morgan fingerprint density at radius 2 is 2.12 bits per heavy atom. The lowest BCUT2D eigenvalue weighted by molar-refractivity contribution is -0.177. The Balaban J connectivity index is 4.73. The summed E-state index contributed by atoms with van der Waals surface area (Å²) in [5.74, 6) is -5.39. The topological polar surface area (TPSA) is 38.3 Å². The summed E-state index contributed by atoms with van der Waals surface area (Å²) < 4.78 is 31.7. The predicted octanol–water partition coefficient (Wildman–Crippen LogP) is 1.98. The van der Waals surface area contributed by atoms with E-state index in [2.05, 4.69) is 16.6 Å². The van der Waals surface area contributed by atoms with Gasteiger partial charge in [-0.2, -0.15) is 8.78 Å². The van der Waals surface area contributed by atoms with Gasteiger partial charge >= 0.3 is 11.9 Å². The molecule has 0 heterocycles. The number of ether oxygens (including phenoxy) is 1. The fourth-order valence-corrected chi connectivity index (χ4v) is 1.35. The Bertz CT molecular complexity index is 242. The summed E-state index contributed by atoms with van der Waals surface area (Å²) in [5.41, 5.74) is 0. The zero-order valence-corrected chi connectivity index (χ0v) is 9.93. The predicted molar refractivity (Wildman–Crippen MR) is 58.4 cm³/mol. The van der Waals surface area contributed by atoms with Crippen molar-refractivity contribution < 1.29 is 18.3 Å². The summed E-state index contributed by atoms with van der Waals surface area (Å²) in [6.45, 7) is 8.33. The molecule has 0 bridgehead atoms. The lowest BCUT2D eigenvalue weighted by Gasteiger charge is -2.28. The van der Waals surface area contributed by atoms with E-state index in [1.54, 1.807) is 13.8 Å². The highest BCUT2D eigenvalue weighted by Gasteiger charge is 2.49. The summed E-state index contributed by atoms with van der Waals surface area (Å²) in [6, 6.07) is -1.25. The van der Waals surface area contributed by atoms with Gasteiger partial charge in [-0.25, -0.2) is 4.79 Å². The average Bonchev–Trinajstić information content (AvgIpc) is 2.17. The van der Waals surface area contributed by atoms with Gasteiger partial charge in [0.05, 0.1) is 12.6 Å². The quantitative estimate of drug-likeness (QED) is 0.541. The van der Waals surface area contributed by atoms with Crippen molar-refractivity contribution >= 4 is 5.97 Å². The van der Waals surface area contributed by atoms with Crippen LogP contribution in [0, 0.1) is 5.92 Å². The van der Waals surface area contributed by atoms with Crippen molar-refractivity contribution in [2.45, 2.75) is 32.7 Å². The summed E-state index contributed by atoms with van der Waals surface area (Å²) >= 11 is 0. The Labute approximate surface area is 94.9 Å². The van der Waals surface area contributed by atoms with E-state index in [4.69, 9.17) is 0 Å². The molecule has 0 spiro atoms. The van der Waals surface area contributed by atoms with Gasteiger partial charge in [-0.05, 0) is 12.8 Å². The van der Waals surface area contributed by atoms with E-state index in [9.17, 15) is 13.6 Å². The summed E-state index contributed by atoms with van der Waals surface area (Å²) in [4.78, 5) is 11.1. The van der Waals surface area contributed by atoms with Gasteiger partial charge in [0, 0.05) is 6.54 Å². The third kappa shape index (κ3) is 3.89. The number of hydrogen-bond acceptors (Lipinski definition) is 3. The van der Waals surface area contributed by atoms with Crippen LogP contribution in [0.2, 0.25) is 0 Å². The molecule has 1 N–H and O–H groups in total. The molecular weight excluding hydrogens is 216 g/mol. The Kier molecular flexibility index (Phi) is 6.18. The maximum atomic E-state index is 13.7. The molecule has 0 radical (unpaired) electrons. The molecule has 0 aromatic carbocycles. The zero-order chi connectivity index (χ0) is 12.8. The van der Waals surface area contributed by atoms with Crippen LogP contribution in [0.5, 0.6) is 0 Å². The largest absolute Gasteiger partial charge is 0.462 e. The van der Waals surface area contributed by atoms with E-state index < -0.39 is 17.9 Å². The van der Waals surface area contributed by atoms with Gasteiger partial charge in [0.15, 0.2) is 0 Å². The molecule has 0 saturated carbocycles. The van der Waals surface area contributed by atoms with Gasteiger partial charge < -0.3 is 10.1 Å². The molecule has 0 saturated heterocycles. The van der Waals surface area contributed by atoms with Gasteiger partial charge in [-0.15, -0.1) is 6.58 Å². The molecule has 1 atom stereocenters. The number of nitrogens with one attached hydrogen (secondary N) is 1. The van der Waals surface area contributed by atoms with Crippen molar-refractivity contribution in [1.29, 1.82) is 0 Å². The first-order chi connectivity index (χ1) is 7.37. The van der Waals surface area contributed by atoms with Crippen LogP contribution in [0.3, 0.4) is 0 Å². The summed E-state index contributed by atoms with van der Waals surface area (Å²) in [5, 5.41) is 2.58. The Morgan fingerprint density at radius 3 is 2.50 bits per heavy atom. The Hall–Kier alpha value is -0.970. The fraction of sp³-hybridized carbons (Fsp3) is 0.727. The first-order valence-electron chi connectivity index (χ1n) is 5.27. The monoisotopic (exact) mass is 235 g/mol. The van der Waals surface area contributed by atoms with E-state index in [1.165, 1.54) is 13.0 Å². The second-order valence-corrected chi connectivity index (χ2v) is 3.76. The number of alkyl halides is 2. The molecule has 0 rings (SSSR count). The second kappa shape index (κ2) is 6.58. The molecule has 0 aromatic heterocycles. The van der Waals surface area contributed by atoms with Crippen LogP contribution in [0.1, 0.15) is 20.8 Å². The zero-order valence-electron chi connectivity index (χ0n) is 9.93. The van der Waals surface area contributed by atoms with Crippen molar-refractivity contribution in [1.82, 2.24) is 5.32 Å². The van der Waals surface area contributed by atoms with Crippen LogP contribution in [-0.4, -0.2) is 31.1 Å². The maximum Gasteiger partial charge on any atom is 0.378 e. The highest BCUT2D eigenvalue weighted by Crippen LogP contribution is 2.25. The van der Waals surface area contributed by atoms with Gasteiger partial charge in [-0.3, -0.25) is 0 Å². The van der Waals surface area contributed by atoms with Crippen molar-refractivity contribution in [2.24, 2.45) is 5.92 Å². The molecule has 1 unspecified atom stereocenters. The molecule has 0 amide bonds. The summed E-state index contributed by atoms with van der Waals surface area (Å²) in [7, 11) is 0. The number of hydrogen-bond donors (Lipinski definition) is 1. The fourth-order valence-electron chi connectivity index (χ4n) is 1.35. The van der Waals surface area contributed by atoms with Crippen LogP contribution in [0.25, 0.3) is 0 Å². The van der Waals surface area contributed by atoms with Gasteiger partial charge in [0.2, 0.25) is 0 Å². The van der Waals surface area contributed by atoms with Crippen LogP contribution in [0.4, 0.5) is 8.78 Å². The molecule has 0 aliphatic rings. The minimum atomic E-state index is -3.52. The van der Waals surface area contributed by atoms with E-state index in [0.29, 0.717) is 0 Å². The molecule has 3 nitrogen and oxygen atoms in total. The third-order valence-electron chi connectivity index (χ3n) is 2.09. The molecule has 0 aromatic rings. The third-order valence-corrected chi connectivity index (χ3v) is 2.09. The highest BCUT2D eigenvalue weighted by atomic mass is 19.3. The van der Waals surface area contributed by atoms with Gasteiger partial charge in [-0.1, -0.05) is 19.9 Å². The molecule has 5 heteroatoms. The summed E-state index contributed by atoms with van der Waals surface area (Å²) in [6.07, 6.45) is 1.47. The van der Waals surface area contributed by atoms with Crippen molar-refractivity contribution in [3.8, 4) is 0 Å². The normalized spacial score (nSPS) is 13.6.